The molecule has 0 heterocycles. The molecule has 0 aliphatic rings. The number of carbonyl (C=O) groups excluding carboxylic acids is 2. The number of ether oxygens (including phenoxy) is 1. The van der Waals surface area contributed by atoms with Gasteiger partial charge in [-0.1, -0.05) is 42.8 Å². The summed E-state index contributed by atoms with van der Waals surface area (Å²) in [7, 11) is 0. The predicted octanol–water partition coefficient (Wildman–Crippen LogP) is 4.04. The van der Waals surface area contributed by atoms with E-state index in [1.807, 2.05) is 58.0 Å². The molecule has 1 amide bonds. The van der Waals surface area contributed by atoms with Crippen LogP contribution in [0.5, 0.6) is 0 Å². The Balaban J connectivity index is 1.91. The molecule has 0 aromatic heterocycles. The number of carbonyl (C=O) groups is 2. The van der Waals surface area contributed by atoms with E-state index in [2.05, 4.69) is 5.32 Å². The lowest BCUT2D eigenvalue weighted by molar-refractivity contribution is -0.125. The Morgan fingerprint density at radius 1 is 1.00 bits per heavy atom. The van der Waals surface area contributed by atoms with Crippen LogP contribution in [0.15, 0.2) is 42.5 Å². The third-order valence-electron chi connectivity index (χ3n) is 4.30. The second kappa shape index (κ2) is 8.47. The molecule has 2 aromatic rings. The molecule has 25 heavy (non-hydrogen) atoms. The van der Waals surface area contributed by atoms with Gasteiger partial charge in [0.15, 0.2) is 6.61 Å². The highest BCUT2D eigenvalue weighted by Crippen LogP contribution is 2.17. The van der Waals surface area contributed by atoms with Crippen molar-refractivity contribution >= 4 is 11.9 Å². The summed E-state index contributed by atoms with van der Waals surface area (Å²) >= 11 is 0. The fraction of sp³-hybridized carbons (Fsp3) is 0.333. The summed E-state index contributed by atoms with van der Waals surface area (Å²) in [6, 6.07) is 13.3. The Kier molecular flexibility index (Phi) is 6.34. The van der Waals surface area contributed by atoms with Crippen LogP contribution < -0.4 is 5.32 Å². The molecule has 4 heteroatoms. The summed E-state index contributed by atoms with van der Waals surface area (Å²) in [5.41, 5.74) is 4.80. The highest BCUT2D eigenvalue weighted by molar-refractivity contribution is 5.91. The Morgan fingerprint density at radius 3 is 2.28 bits per heavy atom. The standard InChI is InChI=1S/C21H25NO3/c1-5-19(17-9-6-14(2)7-10-17)22-20(23)13-25-21(24)18-11-8-15(3)16(4)12-18/h6-12,19H,5,13H2,1-4H3,(H,22,23)/t19-/m0/s1. The molecule has 0 saturated carbocycles. The molecule has 0 spiro atoms. The molecule has 0 fully saturated rings. The maximum atomic E-state index is 12.1. The first-order chi connectivity index (χ1) is 11.9. The Bertz CT molecular complexity index is 750. The fourth-order valence-corrected chi connectivity index (χ4v) is 2.54. The summed E-state index contributed by atoms with van der Waals surface area (Å²) in [4.78, 5) is 24.2. The number of rotatable bonds is 6. The third kappa shape index (κ3) is 5.18. The van der Waals surface area contributed by atoms with E-state index < -0.39 is 5.97 Å². The largest absolute Gasteiger partial charge is 0.452 e. The maximum Gasteiger partial charge on any atom is 0.338 e. The molecule has 2 rings (SSSR count). The van der Waals surface area contributed by atoms with Crippen molar-refractivity contribution < 1.29 is 14.3 Å². The molecule has 0 aliphatic carbocycles. The van der Waals surface area contributed by atoms with E-state index in [0.717, 1.165) is 23.1 Å². The Hall–Kier alpha value is -2.62. The average Bonchev–Trinajstić information content (AvgIpc) is 2.60. The van der Waals surface area contributed by atoms with Crippen LogP contribution in [-0.2, 0) is 9.53 Å². The molecule has 4 nitrogen and oxygen atoms in total. The summed E-state index contributed by atoms with van der Waals surface area (Å²) < 4.78 is 5.13. The molecule has 1 N–H and O–H groups in total. The molecule has 0 unspecified atom stereocenters. The zero-order chi connectivity index (χ0) is 18.4. The molecule has 0 bridgehead atoms. The quantitative estimate of drug-likeness (QED) is 0.808. The second-order valence-corrected chi connectivity index (χ2v) is 6.31. The number of nitrogens with one attached hydrogen (secondary N) is 1. The number of hydrogen-bond acceptors (Lipinski definition) is 3. The first-order valence-electron chi connectivity index (χ1n) is 8.51. The first kappa shape index (κ1) is 18.7. The SMILES string of the molecule is CC[C@H](NC(=O)COC(=O)c1ccc(C)c(C)c1)c1ccc(C)cc1. The van der Waals surface area contributed by atoms with Gasteiger partial charge in [-0.25, -0.2) is 4.79 Å². The summed E-state index contributed by atoms with van der Waals surface area (Å²) in [5, 5.41) is 2.91. The smallest absolute Gasteiger partial charge is 0.338 e. The topological polar surface area (TPSA) is 55.4 Å². The van der Waals surface area contributed by atoms with Gasteiger partial charge in [0.2, 0.25) is 0 Å². The highest BCUT2D eigenvalue weighted by atomic mass is 16.5. The van der Waals surface area contributed by atoms with E-state index in [4.69, 9.17) is 4.74 Å². The molecule has 0 aliphatic heterocycles. The second-order valence-electron chi connectivity index (χ2n) is 6.31. The fourth-order valence-electron chi connectivity index (χ4n) is 2.54. The molecule has 2 aromatic carbocycles. The van der Waals surface area contributed by atoms with Gasteiger partial charge >= 0.3 is 5.97 Å². The molecular formula is C21H25NO3. The summed E-state index contributed by atoms with van der Waals surface area (Å²) in [6.45, 7) is 7.66. The van der Waals surface area contributed by atoms with Gasteiger partial charge in [0.1, 0.15) is 0 Å². The third-order valence-corrected chi connectivity index (χ3v) is 4.30. The van der Waals surface area contributed by atoms with Crippen LogP contribution in [0.1, 0.15) is 52.0 Å². The molecule has 132 valence electrons. The normalized spacial score (nSPS) is 11.7. The van der Waals surface area contributed by atoms with Gasteiger partial charge in [-0.2, -0.15) is 0 Å². The Morgan fingerprint density at radius 2 is 1.68 bits per heavy atom. The van der Waals surface area contributed by atoms with Crippen molar-refractivity contribution in [1.82, 2.24) is 5.32 Å². The molecular weight excluding hydrogens is 314 g/mol. The molecule has 1 atom stereocenters. The van der Waals surface area contributed by atoms with Crippen LogP contribution in [0, 0.1) is 20.8 Å². The molecule has 0 radical (unpaired) electrons. The van der Waals surface area contributed by atoms with Crippen molar-refractivity contribution in [1.29, 1.82) is 0 Å². The zero-order valence-electron chi connectivity index (χ0n) is 15.3. The van der Waals surface area contributed by atoms with E-state index in [0.29, 0.717) is 5.56 Å². The van der Waals surface area contributed by atoms with Gasteiger partial charge in [-0.3, -0.25) is 4.79 Å². The van der Waals surface area contributed by atoms with Crippen LogP contribution in [0.25, 0.3) is 0 Å². The number of esters is 1. The number of amides is 1. The van der Waals surface area contributed by atoms with Crippen LogP contribution in [0.3, 0.4) is 0 Å². The number of hydrogen-bond donors (Lipinski definition) is 1. The van der Waals surface area contributed by atoms with Crippen molar-refractivity contribution in [2.45, 2.75) is 40.2 Å². The lowest BCUT2D eigenvalue weighted by atomic mass is 10.0. The van der Waals surface area contributed by atoms with Gasteiger partial charge in [-0.05, 0) is 56.0 Å². The monoisotopic (exact) mass is 339 g/mol. The van der Waals surface area contributed by atoms with Crippen LogP contribution in [0.2, 0.25) is 0 Å². The zero-order valence-corrected chi connectivity index (χ0v) is 15.3. The van der Waals surface area contributed by atoms with Gasteiger partial charge in [0, 0.05) is 0 Å². The number of aryl methyl sites for hydroxylation is 3. The lowest BCUT2D eigenvalue weighted by Gasteiger charge is -2.17. The summed E-state index contributed by atoms with van der Waals surface area (Å²) in [6.07, 6.45) is 0.764. The van der Waals surface area contributed by atoms with Crippen molar-refractivity contribution in [2.75, 3.05) is 6.61 Å². The molecule has 0 saturated heterocycles. The van der Waals surface area contributed by atoms with Gasteiger partial charge in [-0.15, -0.1) is 0 Å². The predicted molar refractivity (Wildman–Crippen MR) is 98.6 cm³/mol. The summed E-state index contributed by atoms with van der Waals surface area (Å²) in [5.74, 6) is -0.786. The van der Waals surface area contributed by atoms with Crippen molar-refractivity contribution in [3.63, 3.8) is 0 Å². The van der Waals surface area contributed by atoms with Crippen LogP contribution in [0.4, 0.5) is 0 Å². The van der Waals surface area contributed by atoms with E-state index in [9.17, 15) is 9.59 Å². The van der Waals surface area contributed by atoms with Crippen molar-refractivity contribution in [3.05, 3.63) is 70.3 Å². The van der Waals surface area contributed by atoms with Gasteiger partial charge < -0.3 is 10.1 Å². The van der Waals surface area contributed by atoms with E-state index >= 15 is 0 Å². The number of benzene rings is 2. The minimum absolute atomic E-state index is 0.0894. The van der Waals surface area contributed by atoms with E-state index in [1.165, 1.54) is 5.56 Å². The van der Waals surface area contributed by atoms with Crippen LogP contribution in [-0.4, -0.2) is 18.5 Å². The minimum atomic E-state index is -0.485. The average molecular weight is 339 g/mol. The van der Waals surface area contributed by atoms with Crippen molar-refractivity contribution in [2.24, 2.45) is 0 Å². The van der Waals surface area contributed by atoms with Crippen LogP contribution >= 0.6 is 0 Å². The van der Waals surface area contributed by atoms with Gasteiger partial charge in [0.05, 0.1) is 11.6 Å². The minimum Gasteiger partial charge on any atom is -0.452 e. The van der Waals surface area contributed by atoms with Crippen molar-refractivity contribution in [3.8, 4) is 0 Å². The lowest BCUT2D eigenvalue weighted by Crippen LogP contribution is -2.32. The highest BCUT2D eigenvalue weighted by Gasteiger charge is 2.15. The Labute approximate surface area is 149 Å². The van der Waals surface area contributed by atoms with Gasteiger partial charge in [0.25, 0.3) is 5.91 Å². The first-order valence-corrected chi connectivity index (χ1v) is 8.51. The maximum absolute atomic E-state index is 12.1. The van der Waals surface area contributed by atoms with E-state index in [1.54, 1.807) is 12.1 Å². The van der Waals surface area contributed by atoms with E-state index in [-0.39, 0.29) is 18.6 Å².